The zero-order valence-electron chi connectivity index (χ0n) is 15.3. The van der Waals surface area contributed by atoms with Crippen LogP contribution in [0.15, 0.2) is 12.1 Å². The number of hydrogen-bond donors (Lipinski definition) is 1. The van der Waals surface area contributed by atoms with Crippen molar-refractivity contribution in [2.75, 3.05) is 19.0 Å². The van der Waals surface area contributed by atoms with Crippen LogP contribution in [0.5, 0.6) is 11.5 Å². The van der Waals surface area contributed by atoms with Gasteiger partial charge in [0.05, 0.1) is 18.7 Å². The van der Waals surface area contributed by atoms with Gasteiger partial charge >= 0.3 is 0 Å². The molecule has 2 rings (SSSR count). The lowest BCUT2D eigenvalue weighted by molar-refractivity contribution is 0.102. The van der Waals surface area contributed by atoms with Crippen LogP contribution in [0.2, 0.25) is 5.02 Å². The number of halogens is 1. The molecule has 1 aromatic carbocycles. The number of ether oxygens (including phenoxy) is 2. The van der Waals surface area contributed by atoms with E-state index in [2.05, 4.69) is 22.4 Å². The molecule has 0 saturated heterocycles. The highest BCUT2D eigenvalue weighted by molar-refractivity contribution is 7.15. The van der Waals surface area contributed by atoms with Gasteiger partial charge < -0.3 is 9.47 Å². The van der Waals surface area contributed by atoms with E-state index in [1.807, 2.05) is 6.92 Å². The van der Waals surface area contributed by atoms with E-state index in [1.165, 1.54) is 18.4 Å². The third-order valence-corrected chi connectivity index (χ3v) is 4.80. The number of hydrogen-bond acceptors (Lipinski definition) is 6. The third kappa shape index (κ3) is 5.57. The van der Waals surface area contributed by atoms with E-state index in [9.17, 15) is 4.79 Å². The highest BCUT2D eigenvalue weighted by Gasteiger charge is 2.17. The Bertz CT molecular complexity index is 736. The van der Waals surface area contributed by atoms with Crippen LogP contribution in [-0.4, -0.2) is 29.8 Å². The molecule has 1 amide bonds. The van der Waals surface area contributed by atoms with Crippen molar-refractivity contribution in [2.24, 2.45) is 0 Å². The molecule has 0 fully saturated rings. The Balaban J connectivity index is 2.08. The van der Waals surface area contributed by atoms with Crippen molar-refractivity contribution in [1.82, 2.24) is 10.2 Å². The highest BCUT2D eigenvalue weighted by atomic mass is 35.5. The molecule has 0 unspecified atom stereocenters. The zero-order chi connectivity index (χ0) is 18.9. The van der Waals surface area contributed by atoms with Crippen LogP contribution in [0.25, 0.3) is 0 Å². The topological polar surface area (TPSA) is 73.3 Å². The Morgan fingerprint density at radius 3 is 2.73 bits per heavy atom. The number of methoxy groups -OCH3 is 1. The predicted molar refractivity (Wildman–Crippen MR) is 105 cm³/mol. The van der Waals surface area contributed by atoms with Crippen LogP contribution in [0.1, 0.15) is 54.9 Å². The SMILES string of the molecule is CCCCCc1nnc(NC(=O)c2cc(Cl)c(OCCC)c(OC)c2)s1. The van der Waals surface area contributed by atoms with E-state index in [-0.39, 0.29) is 5.91 Å². The largest absolute Gasteiger partial charge is 0.493 e. The molecule has 0 atom stereocenters. The smallest absolute Gasteiger partial charge is 0.257 e. The highest BCUT2D eigenvalue weighted by Crippen LogP contribution is 2.36. The van der Waals surface area contributed by atoms with Crippen molar-refractivity contribution in [1.29, 1.82) is 0 Å². The predicted octanol–water partition coefficient (Wildman–Crippen LogP) is 4.97. The van der Waals surface area contributed by atoms with Crippen LogP contribution >= 0.6 is 22.9 Å². The van der Waals surface area contributed by atoms with E-state index in [0.717, 1.165) is 37.1 Å². The molecule has 0 radical (unpaired) electrons. The monoisotopic (exact) mass is 397 g/mol. The second kappa shape index (κ2) is 10.3. The number of aryl methyl sites for hydroxylation is 1. The number of anilines is 1. The third-order valence-electron chi connectivity index (χ3n) is 3.62. The maximum atomic E-state index is 12.5. The molecule has 1 N–H and O–H groups in total. The number of amides is 1. The quantitative estimate of drug-likeness (QED) is 0.572. The fraction of sp³-hybridized carbons (Fsp3) is 0.500. The molecule has 142 valence electrons. The summed E-state index contributed by atoms with van der Waals surface area (Å²) in [4.78, 5) is 12.5. The maximum Gasteiger partial charge on any atom is 0.257 e. The number of benzene rings is 1. The van der Waals surface area contributed by atoms with Gasteiger partial charge in [-0.25, -0.2) is 0 Å². The molecule has 0 aliphatic heterocycles. The first kappa shape index (κ1) is 20.5. The lowest BCUT2D eigenvalue weighted by Gasteiger charge is -2.13. The number of aromatic nitrogens is 2. The summed E-state index contributed by atoms with van der Waals surface area (Å²) in [6, 6.07) is 3.17. The normalized spacial score (nSPS) is 10.6. The standard InChI is InChI=1S/C18H24ClN3O3S/c1-4-6-7-8-15-21-22-18(26-15)20-17(23)12-10-13(19)16(25-9-5-2)14(11-12)24-3/h10-11H,4-9H2,1-3H3,(H,20,22,23). The van der Waals surface area contributed by atoms with Gasteiger partial charge in [-0.15, -0.1) is 10.2 Å². The summed E-state index contributed by atoms with van der Waals surface area (Å²) in [5.74, 6) is 0.554. The van der Waals surface area contributed by atoms with Gasteiger partial charge in [0.1, 0.15) is 5.01 Å². The van der Waals surface area contributed by atoms with Crippen molar-refractivity contribution in [3.05, 3.63) is 27.7 Å². The van der Waals surface area contributed by atoms with Gasteiger partial charge in [-0.05, 0) is 25.0 Å². The fourth-order valence-corrected chi connectivity index (χ4v) is 3.34. The van der Waals surface area contributed by atoms with Crippen LogP contribution in [0.4, 0.5) is 5.13 Å². The van der Waals surface area contributed by atoms with Gasteiger partial charge in [-0.3, -0.25) is 10.1 Å². The van der Waals surface area contributed by atoms with Gasteiger partial charge in [0.15, 0.2) is 11.5 Å². The minimum Gasteiger partial charge on any atom is -0.493 e. The van der Waals surface area contributed by atoms with Crippen molar-refractivity contribution >= 4 is 34.0 Å². The maximum absolute atomic E-state index is 12.5. The van der Waals surface area contributed by atoms with Gasteiger partial charge in [-0.1, -0.05) is 49.6 Å². The number of rotatable bonds is 10. The number of nitrogens with one attached hydrogen (secondary N) is 1. The Morgan fingerprint density at radius 1 is 1.23 bits per heavy atom. The van der Waals surface area contributed by atoms with Gasteiger partial charge in [0, 0.05) is 12.0 Å². The Kier molecular flexibility index (Phi) is 8.12. The molecule has 0 spiro atoms. The first-order valence-electron chi connectivity index (χ1n) is 8.73. The van der Waals surface area contributed by atoms with Crippen molar-refractivity contribution in [3.63, 3.8) is 0 Å². The van der Waals surface area contributed by atoms with Crippen molar-refractivity contribution in [3.8, 4) is 11.5 Å². The molecular weight excluding hydrogens is 374 g/mol. The molecule has 0 aliphatic rings. The average Bonchev–Trinajstić information content (AvgIpc) is 3.07. The molecule has 1 aromatic heterocycles. The Labute approximate surface area is 162 Å². The average molecular weight is 398 g/mol. The lowest BCUT2D eigenvalue weighted by atomic mass is 10.2. The van der Waals surface area contributed by atoms with E-state index < -0.39 is 0 Å². The number of carbonyl (C=O) groups excluding carboxylic acids is 1. The second-order valence-corrected chi connectivity index (χ2v) is 7.22. The van der Waals surface area contributed by atoms with Crippen LogP contribution in [0, 0.1) is 0 Å². The van der Waals surface area contributed by atoms with Gasteiger partial charge in [0.25, 0.3) is 5.91 Å². The molecule has 0 bridgehead atoms. The molecule has 0 saturated carbocycles. The number of unbranched alkanes of at least 4 members (excludes halogenated alkanes) is 2. The van der Waals surface area contributed by atoms with Crippen LogP contribution < -0.4 is 14.8 Å². The van der Waals surface area contributed by atoms with Crippen molar-refractivity contribution < 1.29 is 14.3 Å². The molecule has 2 aromatic rings. The van der Waals surface area contributed by atoms with Crippen LogP contribution in [0.3, 0.4) is 0 Å². The summed E-state index contributed by atoms with van der Waals surface area (Å²) in [6.07, 6.45) is 5.12. The summed E-state index contributed by atoms with van der Waals surface area (Å²) in [5, 5.41) is 12.6. The Hall–Kier alpha value is -1.86. The molecule has 6 nitrogen and oxygen atoms in total. The summed E-state index contributed by atoms with van der Waals surface area (Å²) in [6.45, 7) is 4.68. The first-order chi connectivity index (χ1) is 12.6. The zero-order valence-corrected chi connectivity index (χ0v) is 16.9. The molecule has 1 heterocycles. The van der Waals surface area contributed by atoms with E-state index >= 15 is 0 Å². The summed E-state index contributed by atoms with van der Waals surface area (Å²) >= 11 is 7.65. The minimum atomic E-state index is -0.316. The first-order valence-corrected chi connectivity index (χ1v) is 9.92. The minimum absolute atomic E-state index is 0.316. The molecular formula is C18H24ClN3O3S. The summed E-state index contributed by atoms with van der Waals surface area (Å²) in [5.41, 5.74) is 0.374. The van der Waals surface area contributed by atoms with E-state index in [0.29, 0.717) is 33.8 Å². The summed E-state index contributed by atoms with van der Waals surface area (Å²) in [7, 11) is 1.51. The molecule has 26 heavy (non-hydrogen) atoms. The van der Waals surface area contributed by atoms with E-state index in [4.69, 9.17) is 21.1 Å². The molecule has 0 aliphatic carbocycles. The van der Waals surface area contributed by atoms with Crippen molar-refractivity contribution in [2.45, 2.75) is 46.0 Å². The lowest BCUT2D eigenvalue weighted by Crippen LogP contribution is -2.12. The fourth-order valence-electron chi connectivity index (χ4n) is 2.30. The van der Waals surface area contributed by atoms with Gasteiger partial charge in [0.2, 0.25) is 5.13 Å². The summed E-state index contributed by atoms with van der Waals surface area (Å²) < 4.78 is 10.9. The number of carbonyl (C=O) groups is 1. The van der Waals surface area contributed by atoms with Crippen LogP contribution in [-0.2, 0) is 6.42 Å². The molecule has 8 heteroatoms. The number of nitrogens with zero attached hydrogens (tertiary/aromatic N) is 2. The van der Waals surface area contributed by atoms with Gasteiger partial charge in [-0.2, -0.15) is 0 Å². The van der Waals surface area contributed by atoms with E-state index in [1.54, 1.807) is 12.1 Å². The second-order valence-electron chi connectivity index (χ2n) is 5.75. The Morgan fingerprint density at radius 2 is 2.04 bits per heavy atom.